The number of hydrogen-bond donors (Lipinski definition) is 1. The van der Waals surface area contributed by atoms with Crippen molar-refractivity contribution in [1.82, 2.24) is 5.32 Å². The van der Waals surface area contributed by atoms with E-state index in [0.717, 1.165) is 12.1 Å². The van der Waals surface area contributed by atoms with Gasteiger partial charge in [-0.1, -0.05) is 11.6 Å². The first-order valence-corrected chi connectivity index (χ1v) is 5.87. The molecule has 0 amide bonds. The van der Waals surface area contributed by atoms with Gasteiger partial charge in [-0.05, 0) is 38.1 Å². The molecule has 1 heterocycles. The van der Waals surface area contributed by atoms with Crippen LogP contribution in [0.15, 0.2) is 12.1 Å². The van der Waals surface area contributed by atoms with Gasteiger partial charge in [-0.3, -0.25) is 4.79 Å². The largest absolute Gasteiger partial charge is 0.317 e. The molecule has 1 saturated heterocycles. The Morgan fingerprint density at radius 1 is 1.24 bits per heavy atom. The molecule has 0 aliphatic carbocycles. The number of hydrogen-bond acceptors (Lipinski definition) is 2. The maximum atomic E-state index is 13.6. The molecule has 0 aromatic heterocycles. The molecule has 0 spiro atoms. The van der Waals surface area contributed by atoms with E-state index in [-0.39, 0.29) is 10.9 Å². The smallest absolute Gasteiger partial charge is 0.171 e. The van der Waals surface area contributed by atoms with Crippen LogP contribution in [0.2, 0.25) is 5.02 Å². The highest BCUT2D eigenvalue weighted by molar-refractivity contribution is 6.30. The van der Waals surface area contributed by atoms with Gasteiger partial charge < -0.3 is 5.32 Å². The number of carbonyl (C=O) groups is 1. The standard InChI is InChI=1S/C12H12ClF2NO/c13-8-5-9(14)11(10(15)6-8)12(17)7-1-3-16-4-2-7/h5-7,16H,1-4H2. The Morgan fingerprint density at radius 2 is 1.76 bits per heavy atom. The number of nitrogens with one attached hydrogen (secondary N) is 1. The van der Waals surface area contributed by atoms with Crippen molar-refractivity contribution in [3.05, 3.63) is 34.4 Å². The molecular weight excluding hydrogens is 248 g/mol. The van der Waals surface area contributed by atoms with E-state index in [9.17, 15) is 13.6 Å². The number of carbonyl (C=O) groups excluding carboxylic acids is 1. The van der Waals surface area contributed by atoms with E-state index < -0.39 is 23.0 Å². The second-order valence-corrected chi connectivity index (χ2v) is 4.57. The molecule has 1 aromatic rings. The Balaban J connectivity index is 2.30. The first kappa shape index (κ1) is 12.5. The van der Waals surface area contributed by atoms with Gasteiger partial charge in [-0.2, -0.15) is 0 Å². The first-order chi connectivity index (χ1) is 8.09. The van der Waals surface area contributed by atoms with Crippen molar-refractivity contribution in [1.29, 1.82) is 0 Å². The van der Waals surface area contributed by atoms with Crippen LogP contribution in [0.5, 0.6) is 0 Å². The van der Waals surface area contributed by atoms with Crippen molar-refractivity contribution < 1.29 is 13.6 Å². The third-order valence-electron chi connectivity index (χ3n) is 2.96. The van der Waals surface area contributed by atoms with Gasteiger partial charge in [0, 0.05) is 10.9 Å². The third-order valence-corrected chi connectivity index (χ3v) is 3.18. The molecule has 0 bridgehead atoms. The van der Waals surface area contributed by atoms with Gasteiger partial charge in [0.1, 0.15) is 11.6 Å². The Morgan fingerprint density at radius 3 is 2.29 bits per heavy atom. The molecule has 0 saturated carbocycles. The molecule has 1 aliphatic heterocycles. The molecule has 92 valence electrons. The monoisotopic (exact) mass is 259 g/mol. The number of benzene rings is 1. The SMILES string of the molecule is O=C(c1c(F)cc(Cl)cc1F)C1CCNCC1. The van der Waals surface area contributed by atoms with Crippen LogP contribution >= 0.6 is 11.6 Å². The molecular formula is C12H12ClF2NO. The van der Waals surface area contributed by atoms with Crippen molar-refractivity contribution >= 4 is 17.4 Å². The lowest BCUT2D eigenvalue weighted by Gasteiger charge is -2.21. The number of rotatable bonds is 2. The Kier molecular flexibility index (Phi) is 3.74. The van der Waals surface area contributed by atoms with Crippen molar-refractivity contribution in [3.63, 3.8) is 0 Å². The van der Waals surface area contributed by atoms with Gasteiger partial charge in [0.05, 0.1) is 5.56 Å². The summed E-state index contributed by atoms with van der Waals surface area (Å²) in [4.78, 5) is 12.0. The summed E-state index contributed by atoms with van der Waals surface area (Å²) in [5.74, 6) is -2.52. The van der Waals surface area contributed by atoms with Crippen molar-refractivity contribution in [3.8, 4) is 0 Å². The maximum Gasteiger partial charge on any atom is 0.171 e. The summed E-state index contributed by atoms with van der Waals surface area (Å²) < 4.78 is 27.1. The first-order valence-electron chi connectivity index (χ1n) is 5.49. The van der Waals surface area contributed by atoms with E-state index in [4.69, 9.17) is 11.6 Å². The Hall–Kier alpha value is -1.00. The van der Waals surface area contributed by atoms with E-state index in [1.54, 1.807) is 0 Å². The van der Waals surface area contributed by atoms with Crippen molar-refractivity contribution in [2.45, 2.75) is 12.8 Å². The van der Waals surface area contributed by atoms with E-state index in [1.807, 2.05) is 0 Å². The highest BCUT2D eigenvalue weighted by Crippen LogP contribution is 2.24. The van der Waals surface area contributed by atoms with Crippen LogP contribution in [0.25, 0.3) is 0 Å². The van der Waals surface area contributed by atoms with Crippen LogP contribution in [-0.4, -0.2) is 18.9 Å². The molecule has 1 fully saturated rings. The molecule has 1 N–H and O–H groups in total. The minimum atomic E-state index is -0.876. The van der Waals surface area contributed by atoms with Crippen LogP contribution in [0.3, 0.4) is 0 Å². The van der Waals surface area contributed by atoms with Gasteiger partial charge in [-0.15, -0.1) is 0 Å². The molecule has 2 nitrogen and oxygen atoms in total. The van der Waals surface area contributed by atoms with Crippen molar-refractivity contribution in [2.24, 2.45) is 5.92 Å². The summed E-state index contributed by atoms with van der Waals surface area (Å²) in [5.41, 5.74) is -0.457. The van der Waals surface area contributed by atoms with Crippen LogP contribution in [0.4, 0.5) is 8.78 Å². The minimum absolute atomic E-state index is 0.0399. The molecule has 0 radical (unpaired) electrons. The lowest BCUT2D eigenvalue weighted by Crippen LogP contribution is -2.32. The second kappa shape index (κ2) is 5.10. The fraction of sp³-hybridized carbons (Fsp3) is 0.417. The summed E-state index contributed by atoms with van der Waals surface area (Å²) in [6, 6.07) is 1.94. The third kappa shape index (κ3) is 2.64. The molecule has 1 aromatic carbocycles. The van der Waals surface area contributed by atoms with E-state index in [1.165, 1.54) is 0 Å². The van der Waals surface area contributed by atoms with Crippen LogP contribution < -0.4 is 5.32 Å². The summed E-state index contributed by atoms with van der Waals surface area (Å²) in [6.45, 7) is 1.40. The van der Waals surface area contributed by atoms with Gasteiger partial charge >= 0.3 is 0 Å². The zero-order valence-electron chi connectivity index (χ0n) is 9.10. The number of ketones is 1. The quantitative estimate of drug-likeness (QED) is 0.828. The zero-order chi connectivity index (χ0) is 12.4. The summed E-state index contributed by atoms with van der Waals surface area (Å²) >= 11 is 5.51. The average molecular weight is 260 g/mol. The predicted molar refractivity (Wildman–Crippen MR) is 61.3 cm³/mol. The fourth-order valence-corrected chi connectivity index (χ4v) is 2.26. The number of piperidine rings is 1. The Labute approximate surface area is 103 Å². The number of halogens is 3. The molecule has 2 rings (SSSR count). The van der Waals surface area contributed by atoms with Gasteiger partial charge in [0.25, 0.3) is 0 Å². The molecule has 0 unspecified atom stereocenters. The Bertz CT molecular complexity index is 421. The van der Waals surface area contributed by atoms with Crippen molar-refractivity contribution in [2.75, 3.05) is 13.1 Å². The lowest BCUT2D eigenvalue weighted by atomic mass is 9.89. The predicted octanol–water partition coefficient (Wildman–Crippen LogP) is 2.80. The minimum Gasteiger partial charge on any atom is -0.317 e. The number of Topliss-reactive ketones (excluding diaryl/α,β-unsaturated/α-hetero) is 1. The lowest BCUT2D eigenvalue weighted by molar-refractivity contribution is 0.0886. The summed E-state index contributed by atoms with van der Waals surface area (Å²) in [6.07, 6.45) is 1.22. The average Bonchev–Trinajstić information content (AvgIpc) is 2.28. The zero-order valence-corrected chi connectivity index (χ0v) is 9.86. The summed E-state index contributed by atoms with van der Waals surface area (Å²) in [7, 11) is 0. The maximum absolute atomic E-state index is 13.6. The molecule has 17 heavy (non-hydrogen) atoms. The highest BCUT2D eigenvalue weighted by Gasteiger charge is 2.27. The van der Waals surface area contributed by atoms with Gasteiger partial charge in [0.2, 0.25) is 0 Å². The molecule has 1 aliphatic rings. The highest BCUT2D eigenvalue weighted by atomic mass is 35.5. The molecule has 0 atom stereocenters. The molecule has 5 heteroatoms. The van der Waals surface area contributed by atoms with Crippen LogP contribution in [0, 0.1) is 17.6 Å². The topological polar surface area (TPSA) is 29.1 Å². The van der Waals surface area contributed by atoms with E-state index in [2.05, 4.69) is 5.32 Å². The fourth-order valence-electron chi connectivity index (χ4n) is 2.07. The van der Waals surface area contributed by atoms with Gasteiger partial charge in [0.15, 0.2) is 5.78 Å². The van der Waals surface area contributed by atoms with E-state index >= 15 is 0 Å². The van der Waals surface area contributed by atoms with Crippen LogP contribution in [-0.2, 0) is 0 Å². The second-order valence-electron chi connectivity index (χ2n) is 4.13. The van der Waals surface area contributed by atoms with Gasteiger partial charge in [-0.25, -0.2) is 8.78 Å². The van der Waals surface area contributed by atoms with E-state index in [0.29, 0.717) is 25.9 Å². The normalized spacial score (nSPS) is 17.1. The van der Waals surface area contributed by atoms with Crippen LogP contribution in [0.1, 0.15) is 23.2 Å². The summed E-state index contributed by atoms with van der Waals surface area (Å²) in [5, 5.41) is 3.06.